The van der Waals surface area contributed by atoms with E-state index in [0.717, 1.165) is 16.5 Å². The van der Waals surface area contributed by atoms with Gasteiger partial charge in [0.25, 0.3) is 0 Å². The number of piperazine rings is 1. The van der Waals surface area contributed by atoms with Crippen molar-refractivity contribution in [2.75, 3.05) is 32.7 Å². The van der Waals surface area contributed by atoms with Gasteiger partial charge in [-0.05, 0) is 29.1 Å². The van der Waals surface area contributed by atoms with Crippen molar-refractivity contribution >= 4 is 27.8 Å². The molecular formula is C25H25N5O4. The first-order valence-corrected chi connectivity index (χ1v) is 11.1. The lowest BCUT2D eigenvalue weighted by Crippen LogP contribution is -2.49. The van der Waals surface area contributed by atoms with Crippen LogP contribution in [-0.4, -0.2) is 73.6 Å². The monoisotopic (exact) mass is 459 g/mol. The topological polar surface area (TPSA) is 112 Å². The zero-order chi connectivity index (χ0) is 23.8. The van der Waals surface area contributed by atoms with Gasteiger partial charge in [0.15, 0.2) is 5.43 Å². The first-order chi connectivity index (χ1) is 16.4. The third-order valence-electron chi connectivity index (χ3n) is 6.40. The van der Waals surface area contributed by atoms with Gasteiger partial charge in [0.1, 0.15) is 0 Å². The highest BCUT2D eigenvalue weighted by molar-refractivity contribution is 5.93. The number of amides is 1. The van der Waals surface area contributed by atoms with Gasteiger partial charge in [0, 0.05) is 74.1 Å². The van der Waals surface area contributed by atoms with Gasteiger partial charge in [-0.2, -0.15) is 5.10 Å². The van der Waals surface area contributed by atoms with Crippen molar-refractivity contribution in [2.24, 2.45) is 7.05 Å². The zero-order valence-corrected chi connectivity index (χ0v) is 18.8. The van der Waals surface area contributed by atoms with Crippen LogP contribution in [0.15, 0.2) is 59.8 Å². The Morgan fingerprint density at radius 2 is 1.79 bits per heavy atom. The quantitative estimate of drug-likeness (QED) is 0.482. The number of β-amino-alcohol motifs (C(OH)–C–C–N with tert-alkyl or cyclic N) is 1. The minimum absolute atomic E-state index is 0.141. The molecule has 0 saturated carbocycles. The van der Waals surface area contributed by atoms with Gasteiger partial charge < -0.3 is 15.1 Å². The molecule has 0 bridgehead atoms. The molecule has 1 fully saturated rings. The molecule has 0 spiro atoms. The first-order valence-electron chi connectivity index (χ1n) is 11.1. The molecule has 5 rings (SSSR count). The number of nitrogens with zero attached hydrogens (tertiary/aromatic N) is 5. The molecule has 174 valence electrons. The Morgan fingerprint density at radius 3 is 2.50 bits per heavy atom. The average Bonchev–Trinajstić information content (AvgIpc) is 3.23. The van der Waals surface area contributed by atoms with E-state index in [1.165, 1.54) is 4.90 Å². The molecule has 9 heteroatoms. The highest BCUT2D eigenvalue weighted by Crippen LogP contribution is 2.24. The fourth-order valence-electron chi connectivity index (χ4n) is 4.43. The molecule has 9 nitrogen and oxygen atoms in total. The van der Waals surface area contributed by atoms with Crippen LogP contribution in [0.5, 0.6) is 0 Å². The second-order valence-corrected chi connectivity index (χ2v) is 8.65. The molecule has 2 N–H and O–H groups in total. The summed E-state index contributed by atoms with van der Waals surface area (Å²) in [5.41, 5.74) is 2.81. The summed E-state index contributed by atoms with van der Waals surface area (Å²) in [4.78, 5) is 32.6. The van der Waals surface area contributed by atoms with Crippen LogP contribution in [0, 0.1) is 0 Å². The van der Waals surface area contributed by atoms with Crippen LogP contribution in [0.3, 0.4) is 0 Å². The van der Waals surface area contributed by atoms with Crippen LogP contribution in [0.4, 0.5) is 4.79 Å². The summed E-state index contributed by atoms with van der Waals surface area (Å²) >= 11 is 0. The van der Waals surface area contributed by atoms with E-state index >= 15 is 0 Å². The second-order valence-electron chi connectivity index (χ2n) is 8.65. The number of fused-ring (bicyclic) bond motifs is 2. The van der Waals surface area contributed by atoms with E-state index in [2.05, 4.69) is 10.1 Å². The molecule has 0 radical (unpaired) electrons. The molecule has 1 aliphatic heterocycles. The van der Waals surface area contributed by atoms with Crippen LogP contribution in [-0.2, 0) is 7.05 Å². The zero-order valence-electron chi connectivity index (χ0n) is 18.8. The van der Waals surface area contributed by atoms with Gasteiger partial charge in [-0.25, -0.2) is 4.79 Å². The number of aromatic nitrogens is 3. The highest BCUT2D eigenvalue weighted by atomic mass is 16.4. The van der Waals surface area contributed by atoms with Crippen LogP contribution >= 0.6 is 0 Å². The fourth-order valence-corrected chi connectivity index (χ4v) is 4.43. The summed E-state index contributed by atoms with van der Waals surface area (Å²) in [6.45, 7) is 2.33. The standard InChI is InChI=1S/C25H25N5O4/c1-28-14-19(13-27-28)18-11-21-22(26-12-18)5-4-16-2-3-17(10-20(16)24(21)32)23(31)15-29-6-8-30(9-7-29)25(33)34/h2-5,10-14,23,31H,6-9,15H2,1H3,(H,33,34). The lowest BCUT2D eigenvalue weighted by molar-refractivity contribution is 0.0697. The van der Waals surface area contributed by atoms with Crippen molar-refractivity contribution in [3.05, 3.63) is 70.8 Å². The summed E-state index contributed by atoms with van der Waals surface area (Å²) in [7, 11) is 1.84. The van der Waals surface area contributed by atoms with Crippen molar-refractivity contribution in [3.63, 3.8) is 0 Å². The van der Waals surface area contributed by atoms with Gasteiger partial charge in [0.05, 0.1) is 17.8 Å². The number of aliphatic hydroxyl groups is 1. The predicted octanol–water partition coefficient (Wildman–Crippen LogP) is 2.48. The lowest BCUT2D eigenvalue weighted by Gasteiger charge is -2.34. The minimum atomic E-state index is -0.918. The maximum Gasteiger partial charge on any atom is 0.407 e. The van der Waals surface area contributed by atoms with Crippen molar-refractivity contribution in [2.45, 2.75) is 6.10 Å². The number of benzene rings is 1. The highest BCUT2D eigenvalue weighted by Gasteiger charge is 2.22. The van der Waals surface area contributed by atoms with E-state index in [9.17, 15) is 14.7 Å². The Hall–Kier alpha value is -3.82. The Bertz CT molecular complexity index is 1440. The maximum atomic E-state index is 13.5. The van der Waals surface area contributed by atoms with Crippen molar-refractivity contribution in [1.29, 1.82) is 0 Å². The van der Waals surface area contributed by atoms with Crippen molar-refractivity contribution < 1.29 is 15.0 Å². The maximum absolute atomic E-state index is 13.5. The normalized spacial score (nSPS) is 15.6. The Morgan fingerprint density at radius 1 is 1.03 bits per heavy atom. The summed E-state index contributed by atoms with van der Waals surface area (Å²) in [5.74, 6) is 0. The summed E-state index contributed by atoms with van der Waals surface area (Å²) < 4.78 is 1.70. The number of carboxylic acid groups (broad SMARTS) is 1. The van der Waals surface area contributed by atoms with Crippen molar-refractivity contribution in [1.82, 2.24) is 24.6 Å². The first kappa shape index (κ1) is 22.0. The number of rotatable bonds is 4. The molecule has 2 aromatic carbocycles. The van der Waals surface area contributed by atoms with Crippen LogP contribution in [0.25, 0.3) is 32.8 Å². The van der Waals surface area contributed by atoms with Crippen molar-refractivity contribution in [3.8, 4) is 11.1 Å². The average molecular weight is 460 g/mol. The van der Waals surface area contributed by atoms with Crippen LogP contribution in [0.1, 0.15) is 11.7 Å². The summed E-state index contributed by atoms with van der Waals surface area (Å²) in [5, 5.41) is 26.0. The summed E-state index contributed by atoms with van der Waals surface area (Å²) in [6.07, 6.45) is 3.64. The molecule has 3 heterocycles. The molecule has 1 unspecified atom stereocenters. The molecule has 2 aromatic heterocycles. The van der Waals surface area contributed by atoms with E-state index in [1.807, 2.05) is 48.5 Å². The number of hydrogen-bond acceptors (Lipinski definition) is 6. The number of pyridine rings is 1. The summed E-state index contributed by atoms with van der Waals surface area (Å²) in [6, 6.07) is 11.0. The van der Waals surface area contributed by atoms with E-state index in [4.69, 9.17) is 5.11 Å². The largest absolute Gasteiger partial charge is 0.465 e. The molecule has 1 amide bonds. The molecule has 4 aromatic rings. The number of aryl methyl sites for hydroxylation is 1. The van der Waals surface area contributed by atoms with Crippen LogP contribution in [0.2, 0.25) is 0 Å². The smallest absolute Gasteiger partial charge is 0.407 e. The van der Waals surface area contributed by atoms with Crippen LogP contribution < -0.4 is 5.43 Å². The third kappa shape index (κ3) is 4.23. The lowest BCUT2D eigenvalue weighted by atomic mass is 10.0. The molecule has 0 aliphatic carbocycles. The van der Waals surface area contributed by atoms with Gasteiger partial charge in [-0.3, -0.25) is 19.4 Å². The minimum Gasteiger partial charge on any atom is -0.465 e. The molecule has 1 aliphatic rings. The molecule has 1 atom stereocenters. The van der Waals surface area contributed by atoms with Gasteiger partial charge in [-0.15, -0.1) is 0 Å². The number of carbonyl (C=O) groups is 1. The SMILES string of the molecule is Cn1cc(-c2cnc3ccc4ccc(C(O)CN5CCN(C(=O)O)CC5)cc4c(=O)c3c2)cn1. The molecular weight excluding hydrogens is 434 g/mol. The Kier molecular flexibility index (Phi) is 5.72. The Labute approximate surface area is 195 Å². The van der Waals surface area contributed by atoms with E-state index in [0.29, 0.717) is 54.6 Å². The number of aliphatic hydroxyl groups excluding tert-OH is 1. The molecule has 1 saturated heterocycles. The van der Waals surface area contributed by atoms with Gasteiger partial charge in [-0.1, -0.05) is 18.2 Å². The van der Waals surface area contributed by atoms with E-state index in [1.54, 1.807) is 23.1 Å². The number of hydrogen-bond donors (Lipinski definition) is 2. The predicted molar refractivity (Wildman–Crippen MR) is 129 cm³/mol. The van der Waals surface area contributed by atoms with E-state index < -0.39 is 12.2 Å². The van der Waals surface area contributed by atoms with E-state index in [-0.39, 0.29) is 5.43 Å². The Balaban J connectivity index is 1.48. The molecule has 34 heavy (non-hydrogen) atoms. The fraction of sp³-hybridized carbons (Fsp3) is 0.280. The third-order valence-corrected chi connectivity index (χ3v) is 6.40. The second kappa shape index (κ2) is 8.85. The van der Waals surface area contributed by atoms with Gasteiger partial charge in [0.2, 0.25) is 0 Å². The van der Waals surface area contributed by atoms with Gasteiger partial charge >= 0.3 is 6.09 Å².